The molecule has 1 amide bonds. The molecule has 0 radical (unpaired) electrons. The molecule has 20 heavy (non-hydrogen) atoms. The summed E-state index contributed by atoms with van der Waals surface area (Å²) in [6.07, 6.45) is 1.48. The second-order valence-electron chi connectivity index (χ2n) is 4.15. The Labute approximate surface area is 114 Å². The van der Waals surface area contributed by atoms with Crippen molar-refractivity contribution < 1.29 is 9.72 Å². The number of amides is 1. The van der Waals surface area contributed by atoms with Gasteiger partial charge in [-0.1, -0.05) is 6.07 Å². The number of nitro benzene ring substituents is 1. The summed E-state index contributed by atoms with van der Waals surface area (Å²) in [4.78, 5) is 30.3. The molecule has 7 nitrogen and oxygen atoms in total. The molecule has 0 aliphatic carbocycles. The average molecular weight is 272 g/mol. The predicted molar refractivity (Wildman–Crippen MR) is 72.6 cm³/mol. The standard InChI is InChI=1S/C13H12N4O3/c1-8-10(4-3-5-12(8)17(19)20)16-13(18)11-6-7-14-9(2)15-11/h3-7H,1-2H3,(H,16,18). The third-order valence-electron chi connectivity index (χ3n) is 2.76. The highest BCUT2D eigenvalue weighted by Gasteiger charge is 2.16. The summed E-state index contributed by atoms with van der Waals surface area (Å²) in [5, 5.41) is 13.5. The van der Waals surface area contributed by atoms with E-state index < -0.39 is 10.8 Å². The number of benzene rings is 1. The van der Waals surface area contributed by atoms with Crippen LogP contribution >= 0.6 is 0 Å². The molecular formula is C13H12N4O3. The summed E-state index contributed by atoms with van der Waals surface area (Å²) in [6.45, 7) is 3.26. The Hall–Kier alpha value is -2.83. The van der Waals surface area contributed by atoms with E-state index in [1.165, 1.54) is 24.4 Å². The normalized spacial score (nSPS) is 10.1. The Kier molecular flexibility index (Phi) is 3.69. The van der Waals surface area contributed by atoms with Gasteiger partial charge in [0.1, 0.15) is 11.5 Å². The first-order valence-electron chi connectivity index (χ1n) is 5.84. The van der Waals surface area contributed by atoms with Crippen molar-refractivity contribution >= 4 is 17.3 Å². The smallest absolute Gasteiger partial charge is 0.274 e. The summed E-state index contributed by atoms with van der Waals surface area (Å²) in [7, 11) is 0. The largest absolute Gasteiger partial charge is 0.320 e. The van der Waals surface area contributed by atoms with E-state index in [9.17, 15) is 14.9 Å². The van der Waals surface area contributed by atoms with Crippen molar-refractivity contribution in [1.82, 2.24) is 9.97 Å². The number of anilines is 1. The zero-order chi connectivity index (χ0) is 14.7. The fraction of sp³-hybridized carbons (Fsp3) is 0.154. The highest BCUT2D eigenvalue weighted by Crippen LogP contribution is 2.25. The van der Waals surface area contributed by atoms with Crippen molar-refractivity contribution in [2.24, 2.45) is 0 Å². The van der Waals surface area contributed by atoms with Gasteiger partial charge in [0.25, 0.3) is 11.6 Å². The Morgan fingerprint density at radius 3 is 2.70 bits per heavy atom. The maximum absolute atomic E-state index is 12.0. The SMILES string of the molecule is Cc1nccc(C(=O)Nc2cccc([N+](=O)[O-])c2C)n1. The lowest BCUT2D eigenvalue weighted by Crippen LogP contribution is -2.15. The van der Waals surface area contributed by atoms with Gasteiger partial charge in [-0.2, -0.15) is 0 Å². The van der Waals surface area contributed by atoms with E-state index >= 15 is 0 Å². The number of hydrogen-bond acceptors (Lipinski definition) is 5. The number of rotatable bonds is 3. The second-order valence-corrected chi connectivity index (χ2v) is 4.15. The zero-order valence-electron chi connectivity index (χ0n) is 11.0. The lowest BCUT2D eigenvalue weighted by atomic mass is 10.1. The third-order valence-corrected chi connectivity index (χ3v) is 2.76. The number of nitro groups is 1. The van der Waals surface area contributed by atoms with Crippen LogP contribution in [-0.4, -0.2) is 20.8 Å². The molecule has 0 saturated carbocycles. The molecule has 2 rings (SSSR count). The van der Waals surface area contributed by atoms with E-state index in [1.54, 1.807) is 19.9 Å². The van der Waals surface area contributed by atoms with Crippen LogP contribution in [-0.2, 0) is 0 Å². The highest BCUT2D eigenvalue weighted by atomic mass is 16.6. The number of aromatic nitrogens is 2. The van der Waals surface area contributed by atoms with Crippen LogP contribution in [0.3, 0.4) is 0 Å². The first kappa shape index (κ1) is 13.6. The van der Waals surface area contributed by atoms with Gasteiger partial charge in [-0.05, 0) is 26.0 Å². The van der Waals surface area contributed by atoms with Gasteiger partial charge in [0, 0.05) is 12.3 Å². The van der Waals surface area contributed by atoms with Crippen molar-refractivity contribution in [3.05, 3.63) is 57.7 Å². The van der Waals surface area contributed by atoms with Crippen molar-refractivity contribution in [2.45, 2.75) is 13.8 Å². The Bertz CT molecular complexity index is 685. The molecule has 7 heteroatoms. The van der Waals surface area contributed by atoms with Crippen LogP contribution in [0.2, 0.25) is 0 Å². The summed E-state index contributed by atoms with van der Waals surface area (Å²) >= 11 is 0. The molecule has 102 valence electrons. The fourth-order valence-electron chi connectivity index (χ4n) is 1.73. The number of aryl methyl sites for hydroxylation is 1. The van der Waals surface area contributed by atoms with E-state index in [4.69, 9.17) is 0 Å². The van der Waals surface area contributed by atoms with Crippen molar-refractivity contribution in [2.75, 3.05) is 5.32 Å². The monoisotopic (exact) mass is 272 g/mol. The number of nitrogens with one attached hydrogen (secondary N) is 1. The van der Waals surface area contributed by atoms with Crippen molar-refractivity contribution in [1.29, 1.82) is 0 Å². The number of nitrogens with zero attached hydrogens (tertiary/aromatic N) is 3. The quantitative estimate of drug-likeness (QED) is 0.682. The van der Waals surface area contributed by atoms with Crippen LogP contribution in [0.4, 0.5) is 11.4 Å². The van der Waals surface area contributed by atoms with Gasteiger partial charge >= 0.3 is 0 Å². The molecule has 0 atom stereocenters. The maximum atomic E-state index is 12.0. The Morgan fingerprint density at radius 1 is 1.30 bits per heavy atom. The summed E-state index contributed by atoms with van der Waals surface area (Å²) in [5.74, 6) is 0.0486. The molecule has 1 N–H and O–H groups in total. The molecule has 1 heterocycles. The van der Waals surface area contributed by atoms with Gasteiger partial charge in [0.05, 0.1) is 16.2 Å². The van der Waals surface area contributed by atoms with E-state index in [2.05, 4.69) is 15.3 Å². The minimum atomic E-state index is -0.486. The van der Waals surface area contributed by atoms with Gasteiger partial charge in [-0.25, -0.2) is 9.97 Å². The first-order valence-corrected chi connectivity index (χ1v) is 5.84. The summed E-state index contributed by atoms with van der Waals surface area (Å²) in [5.41, 5.74) is 0.960. The minimum absolute atomic E-state index is 0.0401. The molecule has 2 aromatic rings. The van der Waals surface area contributed by atoms with Crippen LogP contribution in [0.25, 0.3) is 0 Å². The Morgan fingerprint density at radius 2 is 2.05 bits per heavy atom. The van der Waals surface area contributed by atoms with Gasteiger partial charge in [0.15, 0.2) is 0 Å². The molecular weight excluding hydrogens is 260 g/mol. The zero-order valence-corrected chi connectivity index (χ0v) is 11.0. The van der Waals surface area contributed by atoms with E-state index in [0.717, 1.165) is 0 Å². The van der Waals surface area contributed by atoms with Crippen LogP contribution in [0.15, 0.2) is 30.5 Å². The molecule has 0 aliphatic rings. The molecule has 0 bridgehead atoms. The first-order chi connectivity index (χ1) is 9.49. The lowest BCUT2D eigenvalue weighted by Gasteiger charge is -2.08. The summed E-state index contributed by atoms with van der Waals surface area (Å²) < 4.78 is 0. The number of hydrogen-bond donors (Lipinski definition) is 1. The Balaban J connectivity index is 2.29. The van der Waals surface area contributed by atoms with Crippen LogP contribution in [0, 0.1) is 24.0 Å². The molecule has 1 aromatic heterocycles. The number of carbonyl (C=O) groups excluding carboxylic acids is 1. The van der Waals surface area contributed by atoms with Gasteiger partial charge in [-0.15, -0.1) is 0 Å². The lowest BCUT2D eigenvalue weighted by molar-refractivity contribution is -0.385. The summed E-state index contributed by atoms with van der Waals surface area (Å²) in [6, 6.07) is 6.00. The van der Waals surface area contributed by atoms with E-state index in [-0.39, 0.29) is 11.4 Å². The van der Waals surface area contributed by atoms with Crippen molar-refractivity contribution in [3.8, 4) is 0 Å². The van der Waals surface area contributed by atoms with Crippen LogP contribution in [0.5, 0.6) is 0 Å². The topological polar surface area (TPSA) is 98.0 Å². The van der Waals surface area contributed by atoms with Crippen LogP contribution in [0.1, 0.15) is 21.9 Å². The van der Waals surface area contributed by atoms with Gasteiger partial charge in [0.2, 0.25) is 0 Å². The number of carbonyl (C=O) groups is 1. The molecule has 0 spiro atoms. The molecule has 0 saturated heterocycles. The molecule has 0 aliphatic heterocycles. The van der Waals surface area contributed by atoms with Crippen molar-refractivity contribution in [3.63, 3.8) is 0 Å². The highest BCUT2D eigenvalue weighted by molar-refractivity contribution is 6.03. The maximum Gasteiger partial charge on any atom is 0.274 e. The second kappa shape index (κ2) is 5.43. The average Bonchev–Trinajstić information content (AvgIpc) is 2.40. The van der Waals surface area contributed by atoms with Crippen LogP contribution < -0.4 is 5.32 Å². The molecule has 0 fully saturated rings. The molecule has 1 aromatic carbocycles. The van der Waals surface area contributed by atoms with Gasteiger partial charge < -0.3 is 5.32 Å². The van der Waals surface area contributed by atoms with E-state index in [1.807, 2.05) is 0 Å². The van der Waals surface area contributed by atoms with E-state index in [0.29, 0.717) is 17.1 Å². The third kappa shape index (κ3) is 2.77. The molecule has 0 unspecified atom stereocenters. The minimum Gasteiger partial charge on any atom is -0.320 e. The predicted octanol–water partition coefficient (Wildman–Crippen LogP) is 2.25. The van der Waals surface area contributed by atoms with Gasteiger partial charge in [-0.3, -0.25) is 14.9 Å². The fourth-order valence-corrected chi connectivity index (χ4v) is 1.73.